The number of phenols is 1. The third-order valence-corrected chi connectivity index (χ3v) is 2.30. The van der Waals surface area contributed by atoms with E-state index < -0.39 is 11.7 Å². The van der Waals surface area contributed by atoms with Gasteiger partial charge in [-0.15, -0.1) is 0 Å². The van der Waals surface area contributed by atoms with E-state index in [1.54, 1.807) is 0 Å². The van der Waals surface area contributed by atoms with E-state index in [2.05, 4.69) is 10.2 Å². The highest BCUT2D eigenvalue weighted by atomic mass is 19.4. The number of aromatic hydroxyl groups is 1. The average molecular weight is 311 g/mol. The minimum atomic E-state index is -4.40. The largest absolute Gasteiger partial charge is 0.508 e. The predicted octanol–water partition coefficient (Wildman–Crippen LogP) is 3.33. The molecule has 0 aliphatic heterocycles. The normalized spacial score (nSPS) is 11.0. The molecule has 5 nitrogen and oxygen atoms in total. The third-order valence-electron chi connectivity index (χ3n) is 2.30. The number of hydrogen-bond donors (Lipinski definition) is 3. The lowest BCUT2D eigenvalue weighted by molar-refractivity contribution is -0.137. The van der Waals surface area contributed by atoms with Gasteiger partial charge in [-0.1, -0.05) is 6.07 Å². The summed E-state index contributed by atoms with van der Waals surface area (Å²) in [6.45, 7) is 0. The highest BCUT2D eigenvalue weighted by Crippen LogP contribution is 2.31. The summed E-state index contributed by atoms with van der Waals surface area (Å²) >= 11 is 0. The molecule has 115 valence electrons. The molecule has 3 N–H and O–H groups in total. The molecule has 2 aromatic rings. The van der Waals surface area contributed by atoms with Crippen molar-refractivity contribution in [3.05, 3.63) is 54.1 Å². The van der Waals surface area contributed by atoms with Gasteiger partial charge in [0.05, 0.1) is 16.9 Å². The van der Waals surface area contributed by atoms with Crippen molar-refractivity contribution in [1.29, 1.82) is 0 Å². The molecule has 1 radical (unpaired) electrons. The van der Waals surface area contributed by atoms with Gasteiger partial charge in [-0.25, -0.2) is 0 Å². The molecular formula is C13H11BF3N2O3. The van der Waals surface area contributed by atoms with Gasteiger partial charge in [0.15, 0.2) is 0 Å². The predicted molar refractivity (Wildman–Crippen MR) is 73.9 cm³/mol. The van der Waals surface area contributed by atoms with Crippen molar-refractivity contribution in [2.24, 2.45) is 10.2 Å². The number of alkyl halides is 3. The zero-order valence-corrected chi connectivity index (χ0v) is 11.1. The SMILES string of the molecule is O[B]O.Oc1ccc(N=Nc2cccc(C(F)(F)F)c2)cc1. The highest BCUT2D eigenvalue weighted by Gasteiger charge is 2.30. The summed E-state index contributed by atoms with van der Waals surface area (Å²) in [5.41, 5.74) is -0.215. The summed E-state index contributed by atoms with van der Waals surface area (Å²) in [5, 5.41) is 30.6. The molecule has 0 amide bonds. The van der Waals surface area contributed by atoms with Crippen LogP contribution in [-0.4, -0.2) is 22.8 Å². The summed E-state index contributed by atoms with van der Waals surface area (Å²) in [5.74, 6) is 0.0815. The third kappa shape index (κ3) is 5.94. The summed E-state index contributed by atoms with van der Waals surface area (Å²) in [4.78, 5) is 0. The van der Waals surface area contributed by atoms with E-state index in [-0.39, 0.29) is 19.1 Å². The number of hydrogen-bond acceptors (Lipinski definition) is 5. The molecule has 0 heterocycles. The minimum Gasteiger partial charge on any atom is -0.508 e. The first-order valence-corrected chi connectivity index (χ1v) is 5.85. The van der Waals surface area contributed by atoms with Gasteiger partial charge in [0, 0.05) is 0 Å². The minimum absolute atomic E-state index is 0. The molecule has 0 spiro atoms. The first kappa shape index (κ1) is 17.7. The van der Waals surface area contributed by atoms with Crippen LogP contribution in [0.5, 0.6) is 5.75 Å². The maximum Gasteiger partial charge on any atom is 0.482 e. The Balaban J connectivity index is 0.000000745. The van der Waals surface area contributed by atoms with Gasteiger partial charge in [-0.3, -0.25) is 0 Å². The number of rotatable bonds is 2. The van der Waals surface area contributed by atoms with Gasteiger partial charge in [0.1, 0.15) is 5.75 Å². The Hall–Kier alpha value is -2.39. The number of nitrogens with zero attached hydrogens (tertiary/aromatic N) is 2. The fourth-order valence-electron chi connectivity index (χ4n) is 1.38. The fourth-order valence-corrected chi connectivity index (χ4v) is 1.38. The van der Waals surface area contributed by atoms with E-state index in [1.165, 1.54) is 36.4 Å². The summed E-state index contributed by atoms with van der Waals surface area (Å²) in [6.07, 6.45) is -4.40. The zero-order valence-electron chi connectivity index (χ0n) is 11.1. The van der Waals surface area contributed by atoms with Gasteiger partial charge in [-0.2, -0.15) is 23.4 Å². The topological polar surface area (TPSA) is 85.4 Å². The molecule has 0 atom stereocenters. The van der Waals surface area contributed by atoms with Gasteiger partial charge in [-0.05, 0) is 42.5 Å². The molecule has 0 fully saturated rings. The number of benzene rings is 2. The van der Waals surface area contributed by atoms with Crippen molar-refractivity contribution >= 4 is 19.1 Å². The van der Waals surface area contributed by atoms with Crippen LogP contribution in [0.1, 0.15) is 5.56 Å². The highest BCUT2D eigenvalue weighted by molar-refractivity contribution is 6.13. The second kappa shape index (κ2) is 8.15. The van der Waals surface area contributed by atoms with Crippen LogP contribution in [0.2, 0.25) is 0 Å². The molecule has 0 aliphatic rings. The first-order chi connectivity index (χ1) is 10.4. The summed E-state index contributed by atoms with van der Waals surface area (Å²) in [7, 11) is 0. The van der Waals surface area contributed by atoms with Crippen LogP contribution in [0.15, 0.2) is 58.8 Å². The van der Waals surface area contributed by atoms with Crippen molar-refractivity contribution in [3.63, 3.8) is 0 Å². The Kier molecular flexibility index (Phi) is 6.55. The molecular weight excluding hydrogens is 300 g/mol. The number of azo groups is 1. The molecule has 0 unspecified atom stereocenters. The molecule has 2 aromatic carbocycles. The molecule has 0 aliphatic carbocycles. The Bertz CT molecular complexity index is 619. The Morgan fingerprint density at radius 2 is 1.41 bits per heavy atom. The van der Waals surface area contributed by atoms with Gasteiger partial charge in [0.25, 0.3) is 0 Å². The number of phenolic OH excluding ortho intramolecular Hbond substituents is 1. The van der Waals surface area contributed by atoms with E-state index >= 15 is 0 Å². The van der Waals surface area contributed by atoms with Gasteiger partial charge >= 0.3 is 13.9 Å². The smallest absolute Gasteiger partial charge is 0.482 e. The van der Waals surface area contributed by atoms with Crippen LogP contribution in [-0.2, 0) is 6.18 Å². The van der Waals surface area contributed by atoms with Crippen molar-refractivity contribution < 1.29 is 28.3 Å². The maximum atomic E-state index is 12.5. The van der Waals surface area contributed by atoms with E-state index in [1.807, 2.05) is 0 Å². The summed E-state index contributed by atoms with van der Waals surface area (Å²) in [6, 6.07) is 10.4. The molecule has 0 saturated heterocycles. The fraction of sp³-hybridized carbons (Fsp3) is 0.0769. The molecule has 9 heteroatoms. The maximum absolute atomic E-state index is 12.5. The van der Waals surface area contributed by atoms with E-state index in [0.717, 1.165) is 12.1 Å². The van der Waals surface area contributed by atoms with E-state index in [0.29, 0.717) is 5.69 Å². The second-order valence-corrected chi connectivity index (χ2v) is 3.88. The van der Waals surface area contributed by atoms with Crippen LogP contribution in [0.3, 0.4) is 0 Å². The van der Waals surface area contributed by atoms with Gasteiger partial charge in [0.2, 0.25) is 0 Å². The van der Waals surface area contributed by atoms with Crippen molar-refractivity contribution in [2.45, 2.75) is 6.18 Å². The quantitative estimate of drug-likeness (QED) is 0.587. The lowest BCUT2D eigenvalue weighted by atomic mass is 10.2. The van der Waals surface area contributed by atoms with Crippen LogP contribution in [0.25, 0.3) is 0 Å². The van der Waals surface area contributed by atoms with E-state index in [4.69, 9.17) is 15.2 Å². The molecule has 0 bridgehead atoms. The average Bonchev–Trinajstić information content (AvgIpc) is 2.47. The van der Waals surface area contributed by atoms with Crippen LogP contribution in [0, 0.1) is 0 Å². The van der Waals surface area contributed by atoms with Gasteiger partial charge < -0.3 is 15.2 Å². The zero-order chi connectivity index (χ0) is 16.6. The Morgan fingerprint density at radius 3 is 1.95 bits per heavy atom. The molecule has 0 aromatic heterocycles. The monoisotopic (exact) mass is 311 g/mol. The summed E-state index contributed by atoms with van der Waals surface area (Å²) < 4.78 is 37.4. The Labute approximate surface area is 124 Å². The van der Waals surface area contributed by atoms with E-state index in [9.17, 15) is 13.2 Å². The number of halogens is 3. The molecule has 22 heavy (non-hydrogen) atoms. The first-order valence-electron chi connectivity index (χ1n) is 5.85. The second-order valence-electron chi connectivity index (χ2n) is 3.88. The standard InChI is InChI=1S/C13H9F3N2O.BH2O2/c14-13(15,16)9-2-1-3-11(8-9)18-17-10-4-6-12(19)7-5-10;2-1-3/h1-8,19H;2-3H. The molecule has 0 saturated carbocycles. The Morgan fingerprint density at radius 1 is 0.864 bits per heavy atom. The van der Waals surface area contributed by atoms with Crippen molar-refractivity contribution in [1.82, 2.24) is 0 Å². The molecule has 2 rings (SSSR count). The lowest BCUT2D eigenvalue weighted by Gasteiger charge is -2.05. The van der Waals surface area contributed by atoms with Crippen LogP contribution >= 0.6 is 0 Å². The van der Waals surface area contributed by atoms with Crippen LogP contribution in [0.4, 0.5) is 24.5 Å². The van der Waals surface area contributed by atoms with Crippen LogP contribution < -0.4 is 0 Å². The van der Waals surface area contributed by atoms with Crippen molar-refractivity contribution in [2.75, 3.05) is 0 Å². The van der Waals surface area contributed by atoms with Crippen molar-refractivity contribution in [3.8, 4) is 5.75 Å². The lowest BCUT2D eigenvalue weighted by Crippen LogP contribution is -2.03.